The van der Waals surface area contributed by atoms with Crippen LogP contribution in [-0.2, 0) is 15.6 Å². The van der Waals surface area contributed by atoms with Crippen molar-refractivity contribution in [2.75, 3.05) is 7.11 Å². The Morgan fingerprint density at radius 2 is 1.90 bits per heavy atom. The molecule has 0 bridgehead atoms. The van der Waals surface area contributed by atoms with Gasteiger partial charge in [0.1, 0.15) is 0 Å². The summed E-state index contributed by atoms with van der Waals surface area (Å²) in [6.07, 6.45) is -10.1. The summed E-state index contributed by atoms with van der Waals surface area (Å²) < 4.78 is 88.8. The van der Waals surface area contributed by atoms with Crippen LogP contribution in [0.25, 0.3) is 11.2 Å². The fraction of sp³-hybridized carbons (Fsp3) is 0.375. The quantitative estimate of drug-likeness (QED) is 0.291. The molecular weight excluding hydrogens is 408 g/mol. The first kappa shape index (κ1) is 22.3. The fourth-order valence-corrected chi connectivity index (χ4v) is 2.00. The second kappa shape index (κ2) is 8.19. The van der Waals surface area contributed by atoms with Crippen molar-refractivity contribution >= 4 is 17.9 Å². The van der Waals surface area contributed by atoms with Crippen LogP contribution < -0.4 is 0 Å². The maximum atomic E-state index is 14.3. The van der Waals surface area contributed by atoms with E-state index in [1.807, 2.05) is 0 Å². The molecule has 13 heteroatoms. The third kappa shape index (κ3) is 4.91. The summed E-state index contributed by atoms with van der Waals surface area (Å²) in [5, 5.41) is 10.7. The molecule has 0 spiro atoms. The molecule has 2 rings (SSSR count). The van der Waals surface area contributed by atoms with E-state index in [2.05, 4.69) is 36.5 Å². The molecule has 0 saturated carbocycles. The largest absolute Gasteiger partial charge is 0.463 e. The summed E-state index contributed by atoms with van der Waals surface area (Å²) in [6, 6.07) is 2.62. The topological polar surface area (TPSA) is 73.9 Å². The van der Waals surface area contributed by atoms with Crippen molar-refractivity contribution in [1.82, 2.24) is 19.8 Å². The van der Waals surface area contributed by atoms with Crippen molar-refractivity contribution in [1.29, 1.82) is 0 Å². The minimum Gasteiger partial charge on any atom is -0.463 e. The van der Waals surface area contributed by atoms with Crippen molar-refractivity contribution in [3.05, 3.63) is 41.4 Å². The first-order valence-electron chi connectivity index (χ1n) is 7.85. The molecule has 0 unspecified atom stereocenters. The average Bonchev–Trinajstić information content (AvgIpc) is 3.08. The van der Waals surface area contributed by atoms with E-state index in [1.54, 1.807) is 0 Å². The summed E-state index contributed by atoms with van der Waals surface area (Å²) in [5.74, 6) is -3.15. The van der Waals surface area contributed by atoms with E-state index in [4.69, 9.17) is 0 Å². The number of rotatable bonds is 7. The Morgan fingerprint density at radius 1 is 1.24 bits per heavy atom. The highest BCUT2D eigenvalue weighted by Gasteiger charge is 2.39. The van der Waals surface area contributed by atoms with Crippen LogP contribution in [0.4, 0.5) is 26.3 Å². The van der Waals surface area contributed by atoms with E-state index in [9.17, 15) is 26.3 Å². The maximum Gasteiger partial charge on any atom is 0.425 e. The highest BCUT2D eigenvalue weighted by atomic mass is 19.4. The number of nitrogens with zero attached hydrogens (tertiary/aromatic N) is 5. The normalized spacial score (nSPS) is 15.3. The molecule has 0 aliphatic rings. The lowest BCUT2D eigenvalue weighted by Crippen LogP contribution is -2.28. The number of alkyl halides is 5. The van der Waals surface area contributed by atoms with Gasteiger partial charge in [0.15, 0.2) is 17.6 Å². The van der Waals surface area contributed by atoms with Gasteiger partial charge in [-0.3, -0.25) is 0 Å². The van der Waals surface area contributed by atoms with Gasteiger partial charge in [-0.05, 0) is 44.3 Å². The van der Waals surface area contributed by atoms with E-state index in [0.717, 1.165) is 13.2 Å². The van der Waals surface area contributed by atoms with Gasteiger partial charge >= 0.3 is 12.3 Å². The molecule has 29 heavy (non-hydrogen) atoms. The van der Waals surface area contributed by atoms with Crippen LogP contribution in [0.15, 0.2) is 34.9 Å². The van der Waals surface area contributed by atoms with E-state index in [0.29, 0.717) is 11.4 Å². The zero-order valence-corrected chi connectivity index (χ0v) is 15.3. The van der Waals surface area contributed by atoms with Gasteiger partial charge in [0, 0.05) is 7.11 Å². The molecule has 0 N–H and O–H groups in total. The Kier molecular flexibility index (Phi) is 6.30. The Hall–Kier alpha value is -2.96. The summed E-state index contributed by atoms with van der Waals surface area (Å²) in [5.41, 5.74) is 0.0437. The van der Waals surface area contributed by atoms with Crippen LogP contribution in [-0.4, -0.2) is 45.9 Å². The van der Waals surface area contributed by atoms with E-state index in [1.165, 1.54) is 19.1 Å². The summed E-state index contributed by atoms with van der Waals surface area (Å²) in [7, 11) is 0.766. The highest BCUT2D eigenvalue weighted by Crippen LogP contribution is 2.28. The van der Waals surface area contributed by atoms with Crippen molar-refractivity contribution in [2.24, 2.45) is 4.99 Å². The van der Waals surface area contributed by atoms with Gasteiger partial charge in [0.05, 0.1) is 5.69 Å². The average molecular weight is 423 g/mol. The van der Waals surface area contributed by atoms with Crippen LogP contribution >= 0.6 is 0 Å². The van der Waals surface area contributed by atoms with Crippen LogP contribution in [0.5, 0.6) is 0 Å². The second-order valence-corrected chi connectivity index (χ2v) is 5.67. The minimum absolute atomic E-state index is 0.00730. The molecule has 0 radical (unpaired) electrons. The molecule has 0 aliphatic heterocycles. The number of fused-ring (bicyclic) bond motifs is 1. The van der Waals surface area contributed by atoms with Crippen LogP contribution in [0.3, 0.4) is 0 Å². The molecule has 158 valence electrons. The monoisotopic (exact) mass is 423 g/mol. The van der Waals surface area contributed by atoms with Crippen molar-refractivity contribution < 1.29 is 35.8 Å². The van der Waals surface area contributed by atoms with Gasteiger partial charge in [0.25, 0.3) is 5.82 Å². The smallest absolute Gasteiger partial charge is 0.425 e. The van der Waals surface area contributed by atoms with Gasteiger partial charge < -0.3 is 9.47 Å². The summed E-state index contributed by atoms with van der Waals surface area (Å²) >= 11 is 0. The molecule has 0 fully saturated rings. The number of methoxy groups -OCH3 is 1. The Bertz CT molecular complexity index is 966. The third-order valence-electron chi connectivity index (χ3n) is 3.62. The van der Waals surface area contributed by atoms with Crippen molar-refractivity contribution in [3.8, 4) is 0 Å². The minimum atomic E-state index is -4.74. The molecule has 0 saturated heterocycles. The standard InChI is InChI=1S/C16H15F6N5O2/c1-8(7-10(17)13(23-3)29-9(2)15(18,19)20)11-5-6-12-24-25-14(27(12)26-11)16(21,22)28-4/h5-7,9H,3H2,1-2,4H3/b8-7+,13-10-/t9-/m1/s1. The van der Waals surface area contributed by atoms with Gasteiger partial charge in [-0.1, -0.05) is 0 Å². The molecule has 0 aliphatic carbocycles. The van der Waals surface area contributed by atoms with E-state index >= 15 is 0 Å². The van der Waals surface area contributed by atoms with Crippen molar-refractivity contribution in [2.45, 2.75) is 32.2 Å². The summed E-state index contributed by atoms with van der Waals surface area (Å²) in [6.45, 7) is 5.00. The van der Waals surface area contributed by atoms with Crippen LogP contribution in [0.2, 0.25) is 0 Å². The molecule has 2 aromatic heterocycles. The van der Waals surface area contributed by atoms with Gasteiger partial charge in [0.2, 0.25) is 5.88 Å². The lowest BCUT2D eigenvalue weighted by molar-refractivity contribution is -0.238. The number of hydrogen-bond acceptors (Lipinski definition) is 6. The number of allylic oxidation sites excluding steroid dienone is 3. The number of aliphatic imine (C=N–C) groups is 1. The number of aromatic nitrogens is 4. The molecule has 1 atom stereocenters. The summed E-state index contributed by atoms with van der Waals surface area (Å²) in [4.78, 5) is 3.11. The second-order valence-electron chi connectivity index (χ2n) is 5.67. The highest BCUT2D eigenvalue weighted by molar-refractivity contribution is 5.63. The number of ether oxygens (including phenoxy) is 2. The number of hydrogen-bond donors (Lipinski definition) is 0. The first-order chi connectivity index (χ1) is 13.4. The van der Waals surface area contributed by atoms with Crippen LogP contribution in [0, 0.1) is 0 Å². The fourth-order valence-electron chi connectivity index (χ4n) is 2.00. The zero-order chi connectivity index (χ0) is 22.0. The molecule has 2 aromatic rings. The zero-order valence-electron chi connectivity index (χ0n) is 15.3. The third-order valence-corrected chi connectivity index (χ3v) is 3.62. The molecular formula is C16H15F6N5O2. The Balaban J connectivity index is 2.43. The Labute approximate surface area is 160 Å². The Morgan fingerprint density at radius 3 is 2.45 bits per heavy atom. The van der Waals surface area contributed by atoms with Crippen LogP contribution in [0.1, 0.15) is 25.4 Å². The van der Waals surface area contributed by atoms with Gasteiger partial charge in [-0.15, -0.1) is 10.2 Å². The van der Waals surface area contributed by atoms with E-state index in [-0.39, 0.29) is 16.9 Å². The predicted octanol–water partition coefficient (Wildman–Crippen LogP) is 4.03. The molecule has 2 heterocycles. The van der Waals surface area contributed by atoms with E-state index < -0.39 is 35.9 Å². The van der Waals surface area contributed by atoms with Gasteiger partial charge in [-0.2, -0.15) is 31.6 Å². The first-order valence-corrected chi connectivity index (χ1v) is 7.85. The number of halogens is 6. The predicted molar refractivity (Wildman–Crippen MR) is 89.6 cm³/mol. The molecule has 0 aromatic carbocycles. The molecule has 7 nitrogen and oxygen atoms in total. The SMILES string of the molecule is C=N/C(O[C@H](C)C(F)(F)F)=C(F)\C=C(/C)c1ccc2nnc(C(F)(F)OC)n2n1. The molecule has 0 amide bonds. The van der Waals surface area contributed by atoms with Crippen molar-refractivity contribution in [3.63, 3.8) is 0 Å². The maximum absolute atomic E-state index is 14.3. The van der Waals surface area contributed by atoms with Gasteiger partial charge in [-0.25, -0.2) is 9.38 Å². The lowest BCUT2D eigenvalue weighted by Gasteiger charge is -2.17. The lowest BCUT2D eigenvalue weighted by atomic mass is 10.2.